The lowest BCUT2D eigenvalue weighted by atomic mass is 10.1. The molecule has 3 rings (SSSR count). The number of amides is 1. The Morgan fingerprint density at radius 1 is 1.57 bits per heavy atom. The summed E-state index contributed by atoms with van der Waals surface area (Å²) in [5, 5.41) is 10.1. The van der Waals surface area contributed by atoms with E-state index < -0.39 is 0 Å². The third-order valence-corrected chi connectivity index (χ3v) is 4.13. The molecule has 0 radical (unpaired) electrons. The van der Waals surface area contributed by atoms with Gasteiger partial charge in [-0.05, 0) is 18.6 Å². The van der Waals surface area contributed by atoms with Gasteiger partial charge >= 0.3 is 0 Å². The van der Waals surface area contributed by atoms with Gasteiger partial charge in [-0.2, -0.15) is 5.10 Å². The molecule has 0 spiro atoms. The number of nitrogens with zero attached hydrogens (tertiary/aromatic N) is 2. The maximum absolute atomic E-state index is 12.4. The lowest BCUT2D eigenvalue weighted by Gasteiger charge is -2.18. The average Bonchev–Trinajstić information content (AvgIpc) is 3.20. The molecular weight excluding hydrogens is 320 g/mol. The van der Waals surface area contributed by atoms with Crippen molar-refractivity contribution in [2.45, 2.75) is 25.0 Å². The molecule has 1 amide bonds. The summed E-state index contributed by atoms with van der Waals surface area (Å²) < 4.78 is 10.9. The number of methoxy groups -OCH3 is 1. The van der Waals surface area contributed by atoms with E-state index in [4.69, 9.17) is 21.1 Å². The highest BCUT2D eigenvalue weighted by Gasteiger charge is 2.33. The quantitative estimate of drug-likeness (QED) is 0.866. The maximum Gasteiger partial charge on any atom is 0.224 e. The first-order valence-electron chi connectivity index (χ1n) is 7.26. The summed E-state index contributed by atoms with van der Waals surface area (Å²) in [7, 11) is 1.55. The molecule has 1 fully saturated rings. The summed E-state index contributed by atoms with van der Waals surface area (Å²) >= 11 is 6.17. The van der Waals surface area contributed by atoms with Crippen LogP contribution in [0.5, 0.6) is 5.75 Å². The highest BCUT2D eigenvalue weighted by molar-refractivity contribution is 6.31. The van der Waals surface area contributed by atoms with E-state index in [0.717, 1.165) is 6.42 Å². The molecule has 1 aromatic heterocycles. The summed E-state index contributed by atoms with van der Waals surface area (Å²) in [5.41, 5.74) is 0.671. The monoisotopic (exact) mass is 336 g/mol. The molecule has 0 unspecified atom stereocenters. The Morgan fingerprint density at radius 3 is 3.17 bits per heavy atom. The number of benzene rings is 1. The highest BCUT2D eigenvalue weighted by Crippen LogP contribution is 2.28. The van der Waals surface area contributed by atoms with Crippen LogP contribution >= 0.6 is 11.6 Å². The number of hydrogen-bond acceptors (Lipinski definition) is 5. The van der Waals surface area contributed by atoms with Crippen molar-refractivity contribution in [3.8, 4) is 5.75 Å². The van der Waals surface area contributed by atoms with Crippen molar-refractivity contribution in [3.63, 3.8) is 0 Å². The van der Waals surface area contributed by atoms with E-state index in [0.29, 0.717) is 28.8 Å². The van der Waals surface area contributed by atoms with Gasteiger partial charge in [0.05, 0.1) is 19.6 Å². The van der Waals surface area contributed by atoms with Crippen molar-refractivity contribution in [2.75, 3.05) is 13.7 Å². The second-order valence-corrected chi connectivity index (χ2v) is 5.63. The molecule has 8 heteroatoms. The molecule has 0 aliphatic carbocycles. The van der Waals surface area contributed by atoms with Crippen molar-refractivity contribution in [2.24, 2.45) is 0 Å². The van der Waals surface area contributed by atoms with Crippen LogP contribution in [0.3, 0.4) is 0 Å². The molecule has 23 heavy (non-hydrogen) atoms. The van der Waals surface area contributed by atoms with Gasteiger partial charge in [-0.3, -0.25) is 9.89 Å². The standard InChI is InChI=1S/C15H17ClN4O3/c1-22-12-4-2-3-10(16)9(12)7-13(21)19-11-5-6-23-14(11)15-17-8-18-20-15/h2-4,8,11,14H,5-7H2,1H3,(H,19,21)(H,17,18,20)/t11-,14+/m0/s1. The maximum atomic E-state index is 12.4. The predicted octanol–water partition coefficient (Wildman–Crippen LogP) is 1.66. The lowest BCUT2D eigenvalue weighted by Crippen LogP contribution is -2.38. The molecule has 2 atom stereocenters. The normalized spacial score (nSPS) is 20.4. The van der Waals surface area contributed by atoms with Crippen LogP contribution in [0.15, 0.2) is 24.5 Å². The molecule has 2 N–H and O–H groups in total. The first kappa shape index (κ1) is 15.8. The van der Waals surface area contributed by atoms with Crippen molar-refractivity contribution >= 4 is 17.5 Å². The number of aromatic nitrogens is 3. The zero-order valence-electron chi connectivity index (χ0n) is 12.6. The molecule has 0 saturated carbocycles. The third-order valence-electron chi connectivity index (χ3n) is 3.77. The molecule has 1 aromatic carbocycles. The van der Waals surface area contributed by atoms with Crippen LogP contribution < -0.4 is 10.1 Å². The molecule has 2 aromatic rings. The third kappa shape index (κ3) is 3.46. The Bertz CT molecular complexity index is 677. The van der Waals surface area contributed by atoms with Gasteiger partial charge in [0.1, 0.15) is 18.2 Å². The van der Waals surface area contributed by atoms with Crippen LogP contribution in [0.1, 0.15) is 23.9 Å². The summed E-state index contributed by atoms with van der Waals surface area (Å²) in [6.07, 6.45) is 1.97. The van der Waals surface area contributed by atoms with Crippen molar-refractivity contribution in [1.29, 1.82) is 0 Å². The largest absolute Gasteiger partial charge is 0.496 e. The second-order valence-electron chi connectivity index (χ2n) is 5.22. The number of carbonyl (C=O) groups excluding carboxylic acids is 1. The van der Waals surface area contributed by atoms with E-state index in [1.807, 2.05) is 0 Å². The van der Waals surface area contributed by atoms with Gasteiger partial charge in [-0.1, -0.05) is 17.7 Å². The van der Waals surface area contributed by atoms with Gasteiger partial charge in [0.25, 0.3) is 0 Å². The molecule has 2 heterocycles. The molecule has 0 bridgehead atoms. The summed E-state index contributed by atoms with van der Waals surface area (Å²) in [5.74, 6) is 1.07. The van der Waals surface area contributed by atoms with Gasteiger partial charge in [0, 0.05) is 17.2 Å². The van der Waals surface area contributed by atoms with Gasteiger partial charge in [0.15, 0.2) is 5.82 Å². The Morgan fingerprint density at radius 2 is 2.43 bits per heavy atom. The van der Waals surface area contributed by atoms with E-state index in [-0.39, 0.29) is 24.5 Å². The van der Waals surface area contributed by atoms with Gasteiger partial charge in [-0.25, -0.2) is 4.98 Å². The first-order valence-corrected chi connectivity index (χ1v) is 7.64. The van der Waals surface area contributed by atoms with Gasteiger partial charge in [-0.15, -0.1) is 0 Å². The molecule has 1 aliphatic heterocycles. The van der Waals surface area contributed by atoms with Crippen molar-refractivity contribution in [1.82, 2.24) is 20.5 Å². The van der Waals surface area contributed by atoms with E-state index in [2.05, 4.69) is 20.5 Å². The number of ether oxygens (including phenoxy) is 2. The molecule has 122 valence electrons. The summed E-state index contributed by atoms with van der Waals surface area (Å²) in [4.78, 5) is 16.5. The van der Waals surface area contributed by atoms with Crippen LogP contribution in [0.25, 0.3) is 0 Å². The number of nitrogens with one attached hydrogen (secondary N) is 2. The van der Waals surface area contributed by atoms with Crippen LogP contribution in [0, 0.1) is 0 Å². The number of H-pyrrole nitrogens is 1. The van der Waals surface area contributed by atoms with Gasteiger partial charge < -0.3 is 14.8 Å². The number of rotatable bonds is 5. The zero-order valence-corrected chi connectivity index (χ0v) is 13.3. The zero-order chi connectivity index (χ0) is 16.2. The smallest absolute Gasteiger partial charge is 0.224 e. The topological polar surface area (TPSA) is 89.1 Å². The van der Waals surface area contributed by atoms with Crippen LogP contribution in [-0.4, -0.2) is 40.8 Å². The van der Waals surface area contributed by atoms with Crippen molar-refractivity contribution < 1.29 is 14.3 Å². The van der Waals surface area contributed by atoms with Crippen LogP contribution in [0.4, 0.5) is 0 Å². The second kappa shape index (κ2) is 6.97. The van der Waals surface area contributed by atoms with Crippen LogP contribution in [0.2, 0.25) is 5.02 Å². The number of hydrogen-bond donors (Lipinski definition) is 2. The number of carbonyl (C=O) groups is 1. The van der Waals surface area contributed by atoms with Crippen molar-refractivity contribution in [3.05, 3.63) is 40.9 Å². The highest BCUT2D eigenvalue weighted by atomic mass is 35.5. The van der Waals surface area contributed by atoms with E-state index in [1.54, 1.807) is 25.3 Å². The van der Waals surface area contributed by atoms with Crippen LogP contribution in [-0.2, 0) is 16.0 Å². The fourth-order valence-electron chi connectivity index (χ4n) is 2.68. The summed E-state index contributed by atoms with van der Waals surface area (Å²) in [6, 6.07) is 5.16. The number of aromatic amines is 1. The molecular formula is C15H17ClN4O3. The molecule has 1 saturated heterocycles. The minimum atomic E-state index is -0.311. The van der Waals surface area contributed by atoms with Gasteiger partial charge in [0.2, 0.25) is 5.91 Å². The fraction of sp³-hybridized carbons (Fsp3) is 0.400. The molecule has 1 aliphatic rings. The average molecular weight is 337 g/mol. The SMILES string of the molecule is COc1cccc(Cl)c1CC(=O)N[C@H]1CCO[C@H]1c1ncn[nH]1. The Kier molecular flexibility index (Phi) is 4.78. The Hall–Kier alpha value is -2.12. The Balaban J connectivity index is 1.68. The van der Waals surface area contributed by atoms with E-state index in [1.165, 1.54) is 6.33 Å². The minimum absolute atomic E-state index is 0.141. The lowest BCUT2D eigenvalue weighted by molar-refractivity contribution is -0.121. The predicted molar refractivity (Wildman–Crippen MR) is 83.3 cm³/mol. The van der Waals surface area contributed by atoms with E-state index in [9.17, 15) is 4.79 Å². The fourth-order valence-corrected chi connectivity index (χ4v) is 2.91. The summed E-state index contributed by atoms with van der Waals surface area (Å²) in [6.45, 7) is 0.561. The number of halogens is 1. The van der Waals surface area contributed by atoms with E-state index >= 15 is 0 Å². The molecule has 7 nitrogen and oxygen atoms in total. The Labute approximate surface area is 138 Å². The minimum Gasteiger partial charge on any atom is -0.496 e. The first-order chi connectivity index (χ1) is 11.2.